The van der Waals surface area contributed by atoms with Crippen molar-refractivity contribution in [1.29, 1.82) is 0 Å². The summed E-state index contributed by atoms with van der Waals surface area (Å²) in [7, 11) is 0. The van der Waals surface area contributed by atoms with E-state index in [0.29, 0.717) is 21.5 Å². The van der Waals surface area contributed by atoms with Crippen molar-refractivity contribution in [1.82, 2.24) is 9.36 Å². The highest BCUT2D eigenvalue weighted by atomic mass is 32.1. The minimum atomic E-state index is -0.238. The Kier molecular flexibility index (Phi) is 3.15. The van der Waals surface area contributed by atoms with Crippen LogP contribution in [0, 0.1) is 13.8 Å². The molecule has 0 spiro atoms. The van der Waals surface area contributed by atoms with E-state index in [1.165, 1.54) is 11.3 Å². The molecule has 3 aromatic rings. The summed E-state index contributed by atoms with van der Waals surface area (Å²) in [6, 6.07) is 5.96. The first-order valence-corrected chi connectivity index (χ1v) is 7.54. The Morgan fingerprint density at radius 1 is 1.35 bits per heavy atom. The van der Waals surface area contributed by atoms with Crippen LogP contribution in [0.4, 0.5) is 10.8 Å². The summed E-state index contributed by atoms with van der Waals surface area (Å²) in [5, 5.41) is 4.13. The van der Waals surface area contributed by atoms with Crippen LogP contribution < -0.4 is 11.1 Å². The molecule has 7 heteroatoms. The Morgan fingerprint density at radius 3 is 2.85 bits per heavy atom. The lowest BCUT2D eigenvalue weighted by atomic mass is 10.1. The van der Waals surface area contributed by atoms with Crippen molar-refractivity contribution in [2.24, 2.45) is 0 Å². The number of hydrogen-bond donors (Lipinski definition) is 2. The quantitative estimate of drug-likeness (QED) is 0.762. The number of aromatic nitrogens is 2. The van der Waals surface area contributed by atoms with Crippen molar-refractivity contribution in [3.8, 4) is 0 Å². The van der Waals surface area contributed by atoms with Crippen molar-refractivity contribution in [3.05, 3.63) is 34.5 Å². The summed E-state index contributed by atoms with van der Waals surface area (Å²) < 4.78 is 5.04. The van der Waals surface area contributed by atoms with Crippen LogP contribution in [0.25, 0.3) is 10.1 Å². The third-order valence-electron chi connectivity index (χ3n) is 2.84. The number of benzene rings is 1. The maximum atomic E-state index is 12.3. The molecular formula is C13H12N4OS2. The van der Waals surface area contributed by atoms with E-state index < -0.39 is 0 Å². The van der Waals surface area contributed by atoms with Gasteiger partial charge in [0.15, 0.2) is 0 Å². The van der Waals surface area contributed by atoms with E-state index in [2.05, 4.69) is 14.7 Å². The van der Waals surface area contributed by atoms with Crippen molar-refractivity contribution >= 4 is 49.7 Å². The van der Waals surface area contributed by atoms with Gasteiger partial charge in [-0.2, -0.15) is 4.37 Å². The number of fused-ring (bicyclic) bond motifs is 1. The van der Waals surface area contributed by atoms with Gasteiger partial charge in [-0.1, -0.05) is 12.1 Å². The molecule has 0 atom stereocenters. The lowest BCUT2D eigenvalue weighted by molar-refractivity contribution is 0.103. The number of aryl methyl sites for hydroxylation is 2. The second-order valence-electron chi connectivity index (χ2n) is 4.45. The second kappa shape index (κ2) is 4.84. The number of carbonyl (C=O) groups is 1. The Hall–Kier alpha value is -1.99. The van der Waals surface area contributed by atoms with Gasteiger partial charge in [-0.15, -0.1) is 11.3 Å². The minimum Gasteiger partial charge on any atom is -0.397 e. The Labute approximate surface area is 123 Å². The first-order valence-electron chi connectivity index (χ1n) is 5.95. The first kappa shape index (κ1) is 13.0. The Bertz CT molecular complexity index is 806. The molecule has 2 aromatic heterocycles. The number of nitrogens with two attached hydrogens (primary N) is 1. The topological polar surface area (TPSA) is 80.9 Å². The average Bonchev–Trinajstić information content (AvgIpc) is 2.94. The highest BCUT2D eigenvalue weighted by Gasteiger charge is 2.17. The van der Waals surface area contributed by atoms with Gasteiger partial charge in [0.25, 0.3) is 5.91 Å². The minimum absolute atomic E-state index is 0.238. The molecule has 0 fully saturated rings. The molecular weight excluding hydrogens is 292 g/mol. The lowest BCUT2D eigenvalue weighted by Crippen LogP contribution is -2.11. The summed E-state index contributed by atoms with van der Waals surface area (Å²) in [6.45, 7) is 3.79. The van der Waals surface area contributed by atoms with Crippen molar-refractivity contribution < 1.29 is 4.79 Å². The summed E-state index contributed by atoms with van der Waals surface area (Å²) in [4.78, 5) is 16.9. The third kappa shape index (κ3) is 2.25. The van der Waals surface area contributed by atoms with Crippen LogP contribution >= 0.6 is 22.9 Å². The largest absolute Gasteiger partial charge is 0.397 e. The molecule has 1 aromatic carbocycles. The number of carbonyl (C=O) groups excluding carboxylic acids is 1. The molecule has 0 bridgehead atoms. The standard InChI is InChI=1S/C13H12N4OS2/c1-6-3-4-8-9(5-6)19-11(10(8)14)12(18)16-13-15-7(2)17-20-13/h3-5H,14H2,1-2H3,(H,15,16,17,18). The van der Waals surface area contributed by atoms with E-state index in [1.54, 1.807) is 6.92 Å². The molecule has 0 unspecified atom stereocenters. The smallest absolute Gasteiger partial charge is 0.269 e. The van der Waals surface area contributed by atoms with Gasteiger partial charge in [-0.25, -0.2) is 4.98 Å². The molecule has 0 aliphatic carbocycles. The highest BCUT2D eigenvalue weighted by Crippen LogP contribution is 2.34. The molecule has 0 aliphatic rings. The average molecular weight is 304 g/mol. The van der Waals surface area contributed by atoms with Gasteiger partial charge in [-0.05, 0) is 25.5 Å². The van der Waals surface area contributed by atoms with Gasteiger partial charge in [0.1, 0.15) is 10.7 Å². The van der Waals surface area contributed by atoms with Crippen LogP contribution in [0.5, 0.6) is 0 Å². The zero-order chi connectivity index (χ0) is 14.3. The number of nitrogen functional groups attached to an aromatic ring is 1. The van der Waals surface area contributed by atoms with Gasteiger partial charge in [0, 0.05) is 21.6 Å². The molecule has 102 valence electrons. The molecule has 20 heavy (non-hydrogen) atoms. The molecule has 0 saturated heterocycles. The van der Waals surface area contributed by atoms with Crippen LogP contribution in [0.15, 0.2) is 18.2 Å². The number of nitrogens with zero attached hydrogens (tertiary/aromatic N) is 2. The molecule has 5 nitrogen and oxygen atoms in total. The van der Waals surface area contributed by atoms with Crippen LogP contribution in [-0.2, 0) is 0 Å². The molecule has 3 rings (SSSR count). The molecule has 2 heterocycles. The summed E-state index contributed by atoms with van der Waals surface area (Å²) in [5.74, 6) is 0.405. The van der Waals surface area contributed by atoms with E-state index in [1.807, 2.05) is 25.1 Å². The highest BCUT2D eigenvalue weighted by molar-refractivity contribution is 7.21. The maximum Gasteiger partial charge on any atom is 0.269 e. The Morgan fingerprint density at radius 2 is 2.15 bits per heavy atom. The Balaban J connectivity index is 1.97. The fourth-order valence-corrected chi connectivity index (χ4v) is 3.58. The fraction of sp³-hybridized carbons (Fsp3) is 0.154. The maximum absolute atomic E-state index is 12.3. The third-order valence-corrected chi connectivity index (χ3v) is 4.73. The first-order chi connectivity index (χ1) is 9.54. The van der Waals surface area contributed by atoms with Gasteiger partial charge in [0.2, 0.25) is 5.13 Å². The predicted molar refractivity (Wildman–Crippen MR) is 83.6 cm³/mol. The van der Waals surface area contributed by atoms with E-state index in [-0.39, 0.29) is 5.91 Å². The van der Waals surface area contributed by atoms with Gasteiger partial charge in [0.05, 0.1) is 5.69 Å². The molecule has 1 amide bonds. The zero-order valence-electron chi connectivity index (χ0n) is 10.9. The van der Waals surface area contributed by atoms with Crippen LogP contribution in [0.1, 0.15) is 21.1 Å². The zero-order valence-corrected chi connectivity index (χ0v) is 12.6. The lowest BCUT2D eigenvalue weighted by Gasteiger charge is -1.99. The van der Waals surface area contributed by atoms with Crippen molar-refractivity contribution in [3.63, 3.8) is 0 Å². The normalized spacial score (nSPS) is 10.9. The van der Waals surface area contributed by atoms with Gasteiger partial charge < -0.3 is 5.73 Å². The summed E-state index contributed by atoms with van der Waals surface area (Å²) in [5.41, 5.74) is 7.73. The van der Waals surface area contributed by atoms with Gasteiger partial charge >= 0.3 is 0 Å². The number of amides is 1. The van der Waals surface area contributed by atoms with Crippen LogP contribution in [0.2, 0.25) is 0 Å². The van der Waals surface area contributed by atoms with E-state index >= 15 is 0 Å². The van der Waals surface area contributed by atoms with E-state index in [9.17, 15) is 4.79 Å². The van der Waals surface area contributed by atoms with E-state index in [0.717, 1.165) is 27.2 Å². The second-order valence-corrected chi connectivity index (χ2v) is 6.25. The van der Waals surface area contributed by atoms with Gasteiger partial charge in [-0.3, -0.25) is 10.1 Å². The predicted octanol–water partition coefficient (Wildman–Crippen LogP) is 3.20. The molecule has 3 N–H and O–H groups in total. The number of rotatable bonds is 2. The number of hydrogen-bond acceptors (Lipinski definition) is 6. The van der Waals surface area contributed by atoms with Crippen molar-refractivity contribution in [2.75, 3.05) is 11.1 Å². The van der Waals surface area contributed by atoms with Crippen LogP contribution in [-0.4, -0.2) is 15.3 Å². The number of anilines is 2. The summed E-state index contributed by atoms with van der Waals surface area (Å²) >= 11 is 2.55. The molecule has 0 radical (unpaired) electrons. The molecule has 0 saturated carbocycles. The monoisotopic (exact) mass is 304 g/mol. The number of nitrogens with one attached hydrogen (secondary N) is 1. The van der Waals surface area contributed by atoms with E-state index in [4.69, 9.17) is 5.73 Å². The summed E-state index contributed by atoms with van der Waals surface area (Å²) in [6.07, 6.45) is 0. The molecule has 0 aliphatic heterocycles. The fourth-order valence-electron chi connectivity index (χ4n) is 1.89. The number of thiophene rings is 1. The van der Waals surface area contributed by atoms with Crippen molar-refractivity contribution in [2.45, 2.75) is 13.8 Å². The SMILES string of the molecule is Cc1ccc2c(N)c(C(=O)Nc3nc(C)ns3)sc2c1. The van der Waals surface area contributed by atoms with Crippen LogP contribution in [0.3, 0.4) is 0 Å².